The molecule has 8 aromatic carbocycles. The summed E-state index contributed by atoms with van der Waals surface area (Å²) in [5, 5.41) is 12.2. The fourth-order valence-electron chi connectivity index (χ4n) is 8.28. The standard InChI is InChI=1S/C49H32N5/c1-4-16-32(17-5-1)47-50-48(33-18-6-2-7-19-33)52-49(51-47)39-26-14-25-36-35(39)24-15-29-44(36)54-43-28-13-11-23-38(43)41-30-40-37-22-10-12-27-42(37)53(45(40)31-46(41)54)34-20-8-3-9-21-34/h1-31,47H/q-1. The third-order valence-electron chi connectivity index (χ3n) is 10.7. The van der Waals surface area contributed by atoms with E-state index < -0.39 is 6.17 Å². The van der Waals surface area contributed by atoms with Gasteiger partial charge in [-0.05, 0) is 59.0 Å². The Kier molecular flexibility index (Phi) is 6.85. The number of nitrogens with zero attached hydrogens (tertiary/aromatic N) is 5. The average molecular weight is 691 g/mol. The van der Waals surface area contributed by atoms with E-state index in [1.54, 1.807) is 0 Å². The van der Waals surface area contributed by atoms with E-state index in [2.05, 4.69) is 161 Å². The lowest BCUT2D eigenvalue weighted by atomic mass is 10.0. The minimum Gasteiger partial charge on any atom is -0.438 e. The molecule has 5 nitrogen and oxygen atoms in total. The highest BCUT2D eigenvalue weighted by Gasteiger charge is 2.20. The summed E-state index contributed by atoms with van der Waals surface area (Å²) < 4.78 is 4.83. The molecule has 254 valence electrons. The van der Waals surface area contributed by atoms with Crippen LogP contribution < -0.4 is 0 Å². The number of fused-ring (bicyclic) bond motifs is 7. The normalized spacial score (nSPS) is 14.5. The summed E-state index contributed by atoms with van der Waals surface area (Å²) in [5.41, 5.74) is 9.92. The van der Waals surface area contributed by atoms with E-state index in [4.69, 9.17) is 15.3 Å². The summed E-state index contributed by atoms with van der Waals surface area (Å²) >= 11 is 0. The van der Waals surface area contributed by atoms with Crippen LogP contribution in [0, 0.1) is 0 Å². The van der Waals surface area contributed by atoms with Crippen LogP contribution in [0.2, 0.25) is 0 Å². The van der Waals surface area contributed by atoms with Crippen molar-refractivity contribution in [2.75, 3.05) is 0 Å². The molecule has 0 spiro atoms. The van der Waals surface area contributed by atoms with E-state index in [0.29, 0.717) is 11.7 Å². The summed E-state index contributed by atoms with van der Waals surface area (Å²) in [5.74, 6) is 1.36. The number of hydrogen-bond acceptors (Lipinski definition) is 2. The Morgan fingerprint density at radius 2 is 1.00 bits per heavy atom. The van der Waals surface area contributed by atoms with Crippen LogP contribution in [-0.2, 0) is 0 Å². The zero-order valence-electron chi connectivity index (χ0n) is 29.2. The summed E-state index contributed by atoms with van der Waals surface area (Å²) in [4.78, 5) is 10.3. The number of amidine groups is 2. The molecule has 10 aromatic rings. The molecule has 1 aliphatic heterocycles. The third kappa shape index (κ3) is 4.72. The van der Waals surface area contributed by atoms with Crippen LogP contribution >= 0.6 is 0 Å². The van der Waals surface area contributed by atoms with Crippen molar-refractivity contribution < 1.29 is 0 Å². The van der Waals surface area contributed by atoms with Gasteiger partial charge in [-0.2, -0.15) is 0 Å². The van der Waals surface area contributed by atoms with Crippen LogP contribution in [0.4, 0.5) is 0 Å². The second-order valence-electron chi connectivity index (χ2n) is 13.8. The van der Waals surface area contributed by atoms with E-state index in [0.717, 1.165) is 49.9 Å². The van der Waals surface area contributed by atoms with Crippen LogP contribution in [0.1, 0.15) is 22.9 Å². The van der Waals surface area contributed by atoms with E-state index in [1.807, 2.05) is 36.4 Å². The Morgan fingerprint density at radius 3 is 1.74 bits per heavy atom. The smallest absolute Gasteiger partial charge is 0.0822 e. The highest BCUT2D eigenvalue weighted by Crippen LogP contribution is 2.41. The van der Waals surface area contributed by atoms with Crippen molar-refractivity contribution in [3.05, 3.63) is 210 Å². The van der Waals surface area contributed by atoms with Gasteiger partial charge in [-0.25, -0.2) is 0 Å². The predicted molar refractivity (Wildman–Crippen MR) is 225 cm³/mol. The number of hydrogen-bond donors (Lipinski definition) is 0. The molecule has 11 rings (SSSR count). The molecule has 0 bridgehead atoms. The van der Waals surface area contributed by atoms with Gasteiger partial charge in [0.25, 0.3) is 0 Å². The van der Waals surface area contributed by atoms with Gasteiger partial charge in [0.15, 0.2) is 0 Å². The molecule has 0 radical (unpaired) electrons. The van der Waals surface area contributed by atoms with E-state index in [9.17, 15) is 0 Å². The molecule has 0 fully saturated rings. The Balaban J connectivity index is 1.17. The number of aliphatic imine (C=N–C) groups is 2. The van der Waals surface area contributed by atoms with Gasteiger partial charge in [-0.15, -0.1) is 0 Å². The maximum atomic E-state index is 5.19. The van der Waals surface area contributed by atoms with Crippen LogP contribution in [-0.4, -0.2) is 20.8 Å². The predicted octanol–water partition coefficient (Wildman–Crippen LogP) is 12.3. The van der Waals surface area contributed by atoms with E-state index >= 15 is 0 Å². The van der Waals surface area contributed by atoms with Gasteiger partial charge < -0.3 is 19.4 Å². The number of aromatic nitrogens is 2. The van der Waals surface area contributed by atoms with Crippen molar-refractivity contribution >= 4 is 66.1 Å². The molecule has 1 atom stereocenters. The monoisotopic (exact) mass is 690 g/mol. The van der Waals surface area contributed by atoms with Crippen molar-refractivity contribution in [1.29, 1.82) is 0 Å². The molecule has 2 aromatic heterocycles. The van der Waals surface area contributed by atoms with Gasteiger partial charge in [0, 0.05) is 38.2 Å². The molecule has 0 saturated heterocycles. The molecule has 0 aliphatic carbocycles. The van der Waals surface area contributed by atoms with Crippen LogP contribution in [0.25, 0.3) is 71.1 Å². The molecule has 0 N–H and O–H groups in total. The minimum atomic E-state index is -0.400. The van der Waals surface area contributed by atoms with Crippen molar-refractivity contribution in [3.8, 4) is 11.4 Å². The fraction of sp³-hybridized carbons (Fsp3) is 0.0204. The summed E-state index contributed by atoms with van der Waals surface area (Å²) in [6.07, 6.45) is -0.400. The Labute approximate surface area is 311 Å². The highest BCUT2D eigenvalue weighted by molar-refractivity contribution is 6.23. The van der Waals surface area contributed by atoms with Gasteiger partial charge in [0.05, 0.1) is 39.8 Å². The summed E-state index contributed by atoms with van der Waals surface area (Å²) in [7, 11) is 0. The second kappa shape index (κ2) is 12.2. The van der Waals surface area contributed by atoms with E-state index in [1.165, 1.54) is 32.6 Å². The Bertz CT molecular complexity index is 3120. The first-order valence-corrected chi connectivity index (χ1v) is 18.3. The maximum absolute atomic E-state index is 5.19. The van der Waals surface area contributed by atoms with Gasteiger partial charge in [-0.3, -0.25) is 4.99 Å². The average Bonchev–Trinajstić information content (AvgIpc) is 3.75. The Hall–Kier alpha value is -7.24. The second-order valence-corrected chi connectivity index (χ2v) is 13.8. The summed E-state index contributed by atoms with van der Waals surface area (Å²) in [6, 6.07) is 66.5. The molecule has 3 heterocycles. The Morgan fingerprint density at radius 1 is 0.426 bits per heavy atom. The van der Waals surface area contributed by atoms with Crippen LogP contribution in [0.15, 0.2) is 198 Å². The fourth-order valence-corrected chi connectivity index (χ4v) is 8.28. The summed E-state index contributed by atoms with van der Waals surface area (Å²) in [6.45, 7) is 0. The molecule has 5 heteroatoms. The SMILES string of the molecule is c1ccc(C2=NC(c3cccc4c(-n5c6ccccc6c6cc7c8ccccc8n(-c8ccccc8)c7cc65)cccc34)=NC(c3ccccc3)[N-]2)cc1. The topological polar surface area (TPSA) is 48.7 Å². The molecule has 0 saturated carbocycles. The lowest BCUT2D eigenvalue weighted by molar-refractivity contribution is 0.878. The van der Waals surface area contributed by atoms with Crippen molar-refractivity contribution in [1.82, 2.24) is 9.13 Å². The lowest BCUT2D eigenvalue weighted by Gasteiger charge is -2.32. The van der Waals surface area contributed by atoms with Crippen molar-refractivity contribution in [2.24, 2.45) is 9.98 Å². The van der Waals surface area contributed by atoms with Gasteiger partial charge in [-0.1, -0.05) is 151 Å². The molecular formula is C49H32N5-. The number of benzene rings is 8. The largest absolute Gasteiger partial charge is 0.438 e. The number of rotatable bonds is 5. The molecule has 0 amide bonds. The maximum Gasteiger partial charge on any atom is 0.0822 e. The first-order chi connectivity index (χ1) is 26.8. The van der Waals surface area contributed by atoms with Gasteiger partial charge >= 0.3 is 0 Å². The molecule has 1 unspecified atom stereocenters. The van der Waals surface area contributed by atoms with Crippen LogP contribution in [0.3, 0.4) is 0 Å². The van der Waals surface area contributed by atoms with Gasteiger partial charge in [0.2, 0.25) is 0 Å². The molecule has 54 heavy (non-hydrogen) atoms. The highest BCUT2D eigenvalue weighted by atomic mass is 15.2. The van der Waals surface area contributed by atoms with E-state index in [-0.39, 0.29) is 0 Å². The zero-order valence-corrected chi connectivity index (χ0v) is 29.2. The lowest BCUT2D eigenvalue weighted by Crippen LogP contribution is -2.16. The zero-order chi connectivity index (χ0) is 35.6. The van der Waals surface area contributed by atoms with Gasteiger partial charge in [0.1, 0.15) is 0 Å². The molecular weight excluding hydrogens is 659 g/mol. The third-order valence-corrected chi connectivity index (χ3v) is 10.7. The van der Waals surface area contributed by atoms with Crippen molar-refractivity contribution in [3.63, 3.8) is 0 Å². The quantitative estimate of drug-likeness (QED) is 0.173. The first kappa shape index (κ1) is 30.4. The minimum absolute atomic E-state index is 0.400. The van der Waals surface area contributed by atoms with Crippen molar-refractivity contribution in [2.45, 2.75) is 6.17 Å². The molecule has 1 aliphatic rings. The van der Waals surface area contributed by atoms with Crippen LogP contribution in [0.5, 0.6) is 0 Å². The first-order valence-electron chi connectivity index (χ1n) is 18.3. The number of para-hydroxylation sites is 3.